The van der Waals surface area contributed by atoms with Crippen molar-refractivity contribution in [1.29, 1.82) is 0 Å². The van der Waals surface area contributed by atoms with E-state index in [1.807, 2.05) is 0 Å². The van der Waals surface area contributed by atoms with Gasteiger partial charge in [0.05, 0.1) is 0 Å². The molecule has 0 aromatic carbocycles. The number of carbonyl (C=O) groups is 2. The summed E-state index contributed by atoms with van der Waals surface area (Å²) in [4.78, 5) is 29.4. The highest BCUT2D eigenvalue weighted by atomic mass is 16.2. The van der Waals surface area contributed by atoms with Crippen LogP contribution in [0.25, 0.3) is 0 Å². The fourth-order valence-electron chi connectivity index (χ4n) is 1.95. The third-order valence-electron chi connectivity index (χ3n) is 3.04. The van der Waals surface area contributed by atoms with Crippen LogP contribution >= 0.6 is 0 Å². The summed E-state index contributed by atoms with van der Waals surface area (Å²) < 4.78 is 0. The van der Waals surface area contributed by atoms with E-state index in [-0.39, 0.29) is 0 Å². The van der Waals surface area contributed by atoms with Gasteiger partial charge in [-0.05, 0) is 12.1 Å². The molecule has 0 saturated carbocycles. The van der Waals surface area contributed by atoms with Gasteiger partial charge in [0.1, 0.15) is 5.82 Å². The fraction of sp³-hybridized carbons (Fsp3) is 0.462. The van der Waals surface area contributed by atoms with Gasteiger partial charge in [-0.2, -0.15) is 0 Å². The Labute approximate surface area is 117 Å². The zero-order chi connectivity index (χ0) is 14.2. The first kappa shape index (κ1) is 14.4. The van der Waals surface area contributed by atoms with Crippen molar-refractivity contribution in [3.63, 3.8) is 0 Å². The summed E-state index contributed by atoms with van der Waals surface area (Å²) in [5.74, 6) is -0.954. The molecule has 7 heteroatoms. The van der Waals surface area contributed by atoms with Gasteiger partial charge in [-0.15, -0.1) is 0 Å². The van der Waals surface area contributed by atoms with E-state index in [0.29, 0.717) is 12.4 Å². The lowest BCUT2D eigenvalue weighted by molar-refractivity contribution is -0.136. The van der Waals surface area contributed by atoms with E-state index in [2.05, 4.69) is 25.8 Å². The summed E-state index contributed by atoms with van der Waals surface area (Å²) >= 11 is 0. The largest absolute Gasteiger partial charge is 0.347 e. The molecule has 0 bridgehead atoms. The number of amides is 2. The molecule has 1 fully saturated rings. The lowest BCUT2D eigenvalue weighted by Crippen LogP contribution is -2.47. The van der Waals surface area contributed by atoms with Gasteiger partial charge in [0, 0.05) is 45.5 Å². The summed E-state index contributed by atoms with van der Waals surface area (Å²) in [7, 11) is 0. The van der Waals surface area contributed by atoms with Gasteiger partial charge in [0.2, 0.25) is 0 Å². The van der Waals surface area contributed by atoms with Gasteiger partial charge in [-0.1, -0.05) is 6.07 Å². The Balaban J connectivity index is 1.67. The quantitative estimate of drug-likeness (QED) is 0.617. The molecule has 2 amide bonds. The van der Waals surface area contributed by atoms with E-state index in [9.17, 15) is 9.59 Å². The van der Waals surface area contributed by atoms with Gasteiger partial charge in [-0.3, -0.25) is 14.5 Å². The zero-order valence-electron chi connectivity index (χ0n) is 11.3. The second-order valence-electron chi connectivity index (χ2n) is 4.52. The second kappa shape index (κ2) is 7.56. The minimum Gasteiger partial charge on any atom is -0.347 e. The van der Waals surface area contributed by atoms with Crippen molar-refractivity contribution in [2.75, 3.05) is 44.6 Å². The molecule has 108 valence electrons. The van der Waals surface area contributed by atoms with Crippen molar-refractivity contribution in [2.45, 2.75) is 0 Å². The van der Waals surface area contributed by atoms with Gasteiger partial charge in [-0.25, -0.2) is 4.98 Å². The molecule has 7 nitrogen and oxygen atoms in total. The molecule has 0 aliphatic carbocycles. The topological polar surface area (TPSA) is 86.4 Å². The summed E-state index contributed by atoms with van der Waals surface area (Å²) in [5, 5.41) is 8.31. The van der Waals surface area contributed by atoms with Gasteiger partial charge in [0.25, 0.3) is 0 Å². The fourth-order valence-corrected chi connectivity index (χ4v) is 1.95. The smallest absolute Gasteiger partial charge is 0.314 e. The average Bonchev–Trinajstić information content (AvgIpc) is 2.49. The van der Waals surface area contributed by atoms with Crippen molar-refractivity contribution in [2.24, 2.45) is 0 Å². The molecule has 1 aliphatic heterocycles. The minimum absolute atomic E-state index is 0.370. The van der Waals surface area contributed by atoms with E-state index < -0.39 is 11.8 Å². The molecule has 2 heterocycles. The van der Waals surface area contributed by atoms with Crippen molar-refractivity contribution >= 4 is 17.6 Å². The number of hydrogen-bond acceptors (Lipinski definition) is 5. The zero-order valence-corrected chi connectivity index (χ0v) is 11.3. The van der Waals surface area contributed by atoms with Crippen LogP contribution in [0, 0.1) is 0 Å². The van der Waals surface area contributed by atoms with Crippen molar-refractivity contribution in [3.8, 4) is 0 Å². The molecule has 2 rings (SSSR count). The van der Waals surface area contributed by atoms with E-state index in [4.69, 9.17) is 0 Å². The maximum atomic E-state index is 11.6. The molecule has 0 radical (unpaired) electrons. The first-order chi connectivity index (χ1) is 9.75. The van der Waals surface area contributed by atoms with Crippen LogP contribution in [0.2, 0.25) is 0 Å². The molecule has 0 unspecified atom stereocenters. The lowest BCUT2D eigenvalue weighted by Gasteiger charge is -2.26. The highest BCUT2D eigenvalue weighted by Crippen LogP contribution is 1.99. The predicted octanol–water partition coefficient (Wildman–Crippen LogP) is -0.958. The molecule has 1 aromatic rings. The predicted molar refractivity (Wildman–Crippen MR) is 75.2 cm³/mol. The van der Waals surface area contributed by atoms with Crippen LogP contribution in [0.1, 0.15) is 0 Å². The molecule has 0 spiro atoms. The number of piperazine rings is 1. The molecule has 0 atom stereocenters. The third-order valence-corrected chi connectivity index (χ3v) is 3.04. The highest BCUT2D eigenvalue weighted by molar-refractivity contribution is 6.39. The number of aromatic nitrogens is 1. The maximum absolute atomic E-state index is 11.6. The molecule has 1 aliphatic rings. The average molecular weight is 277 g/mol. The Morgan fingerprint density at radius 1 is 1.25 bits per heavy atom. The molecule has 3 N–H and O–H groups in total. The van der Waals surface area contributed by atoms with Crippen LogP contribution < -0.4 is 16.0 Å². The van der Waals surface area contributed by atoms with Crippen molar-refractivity contribution < 1.29 is 9.59 Å². The highest BCUT2D eigenvalue weighted by Gasteiger charge is 2.14. The van der Waals surface area contributed by atoms with Gasteiger partial charge < -0.3 is 16.0 Å². The number of nitrogens with one attached hydrogen (secondary N) is 3. The van der Waals surface area contributed by atoms with Crippen LogP contribution in [0.15, 0.2) is 24.4 Å². The van der Waals surface area contributed by atoms with Crippen LogP contribution in [-0.4, -0.2) is 61.0 Å². The Kier molecular flexibility index (Phi) is 5.45. The molecule has 1 saturated heterocycles. The number of rotatable bonds is 4. The van der Waals surface area contributed by atoms with E-state index in [1.54, 1.807) is 24.4 Å². The van der Waals surface area contributed by atoms with Gasteiger partial charge >= 0.3 is 11.8 Å². The Hall–Kier alpha value is -1.99. The van der Waals surface area contributed by atoms with Crippen molar-refractivity contribution in [1.82, 2.24) is 20.5 Å². The number of nitrogens with zero attached hydrogens (tertiary/aromatic N) is 2. The number of carbonyl (C=O) groups excluding carboxylic acids is 2. The van der Waals surface area contributed by atoms with E-state index >= 15 is 0 Å². The Morgan fingerprint density at radius 3 is 2.75 bits per heavy atom. The Morgan fingerprint density at radius 2 is 2.05 bits per heavy atom. The SMILES string of the molecule is O=C(NCCN1CCNCC1)C(=O)Nc1ccccn1. The summed E-state index contributed by atoms with van der Waals surface area (Å²) in [5.41, 5.74) is 0. The number of anilines is 1. The summed E-state index contributed by atoms with van der Waals surface area (Å²) in [6.45, 7) is 5.09. The lowest BCUT2D eigenvalue weighted by atomic mass is 10.3. The van der Waals surface area contributed by atoms with Crippen molar-refractivity contribution in [3.05, 3.63) is 24.4 Å². The monoisotopic (exact) mass is 277 g/mol. The third kappa shape index (κ3) is 4.60. The summed E-state index contributed by atoms with van der Waals surface area (Å²) in [6.07, 6.45) is 1.55. The van der Waals surface area contributed by atoms with Gasteiger partial charge in [0.15, 0.2) is 0 Å². The number of hydrogen-bond donors (Lipinski definition) is 3. The minimum atomic E-state index is -0.691. The standard InChI is InChI=1S/C13H19N5O2/c19-12(13(20)17-11-3-1-2-4-15-11)16-7-10-18-8-5-14-6-9-18/h1-4,14H,5-10H2,(H,16,19)(H,15,17,20). The molecular weight excluding hydrogens is 258 g/mol. The molecule has 1 aromatic heterocycles. The maximum Gasteiger partial charge on any atom is 0.314 e. The first-order valence-electron chi connectivity index (χ1n) is 6.69. The summed E-state index contributed by atoms with van der Waals surface area (Å²) in [6, 6.07) is 5.11. The first-order valence-corrected chi connectivity index (χ1v) is 6.69. The molecule has 20 heavy (non-hydrogen) atoms. The normalized spacial score (nSPS) is 15.6. The Bertz CT molecular complexity index is 445. The van der Waals surface area contributed by atoms with Crippen LogP contribution in [0.5, 0.6) is 0 Å². The van der Waals surface area contributed by atoms with E-state index in [1.165, 1.54) is 0 Å². The van der Waals surface area contributed by atoms with Crippen LogP contribution in [0.4, 0.5) is 5.82 Å². The van der Waals surface area contributed by atoms with Crippen LogP contribution in [-0.2, 0) is 9.59 Å². The van der Waals surface area contributed by atoms with E-state index in [0.717, 1.165) is 32.7 Å². The number of pyridine rings is 1. The second-order valence-corrected chi connectivity index (χ2v) is 4.52. The van der Waals surface area contributed by atoms with Crippen LogP contribution in [0.3, 0.4) is 0 Å². The molecular formula is C13H19N5O2.